The Morgan fingerprint density at radius 3 is 2.61 bits per heavy atom. The number of hydrogen-bond acceptors (Lipinski definition) is 3. The maximum absolute atomic E-state index is 11.8. The minimum absolute atomic E-state index is 0. The van der Waals surface area contributed by atoms with Crippen LogP contribution >= 0.6 is 12.4 Å². The van der Waals surface area contributed by atoms with E-state index >= 15 is 0 Å². The number of amides is 1. The molecule has 5 heteroatoms. The van der Waals surface area contributed by atoms with Crippen molar-refractivity contribution in [3.05, 3.63) is 0 Å². The molecule has 108 valence electrons. The van der Waals surface area contributed by atoms with Gasteiger partial charge in [-0.1, -0.05) is 0 Å². The van der Waals surface area contributed by atoms with E-state index in [0.29, 0.717) is 12.5 Å². The fourth-order valence-electron chi connectivity index (χ4n) is 2.41. The van der Waals surface area contributed by atoms with Crippen molar-refractivity contribution in [1.29, 1.82) is 0 Å². The molecular weight excluding hydrogens is 250 g/mol. The largest absolute Gasteiger partial charge is 0.350 e. The highest BCUT2D eigenvalue weighted by Crippen LogP contribution is 2.15. The van der Waals surface area contributed by atoms with Gasteiger partial charge in [-0.3, -0.25) is 9.69 Å². The van der Waals surface area contributed by atoms with Gasteiger partial charge in [-0.2, -0.15) is 0 Å². The van der Waals surface area contributed by atoms with Crippen LogP contribution in [0, 0.1) is 5.92 Å². The summed E-state index contributed by atoms with van der Waals surface area (Å²) in [5.74, 6) is 0.832. The monoisotopic (exact) mass is 277 g/mol. The number of nitrogens with one attached hydrogen (secondary N) is 2. The molecule has 0 spiro atoms. The highest BCUT2D eigenvalue weighted by molar-refractivity contribution is 5.85. The Morgan fingerprint density at radius 2 is 2.06 bits per heavy atom. The van der Waals surface area contributed by atoms with Gasteiger partial charge >= 0.3 is 0 Å². The Balaban J connectivity index is 0.00000289. The minimum atomic E-state index is -0.128. The van der Waals surface area contributed by atoms with Crippen molar-refractivity contribution in [2.45, 2.75) is 39.2 Å². The van der Waals surface area contributed by atoms with Crippen molar-refractivity contribution >= 4 is 18.3 Å². The number of piperidine rings is 1. The van der Waals surface area contributed by atoms with Gasteiger partial charge < -0.3 is 10.6 Å². The average Bonchev–Trinajstić information content (AvgIpc) is 2.15. The van der Waals surface area contributed by atoms with Crippen molar-refractivity contribution in [3.63, 3.8) is 0 Å². The van der Waals surface area contributed by atoms with Gasteiger partial charge in [-0.15, -0.1) is 12.4 Å². The number of likely N-dealkylation sites (tertiary alicyclic amines) is 1. The van der Waals surface area contributed by atoms with Gasteiger partial charge in [-0.25, -0.2) is 0 Å². The van der Waals surface area contributed by atoms with Gasteiger partial charge in [0.1, 0.15) is 0 Å². The lowest BCUT2D eigenvalue weighted by molar-refractivity contribution is -0.124. The first-order chi connectivity index (χ1) is 7.90. The Kier molecular flexibility index (Phi) is 7.83. The molecule has 18 heavy (non-hydrogen) atoms. The van der Waals surface area contributed by atoms with Crippen LogP contribution in [-0.4, -0.2) is 49.6 Å². The predicted molar refractivity (Wildman–Crippen MR) is 78.2 cm³/mol. The van der Waals surface area contributed by atoms with Gasteiger partial charge in [0.25, 0.3) is 0 Å². The second kappa shape index (κ2) is 7.97. The number of carbonyl (C=O) groups excluding carboxylic acids is 1. The number of rotatable bonds is 4. The summed E-state index contributed by atoms with van der Waals surface area (Å²) >= 11 is 0. The van der Waals surface area contributed by atoms with E-state index in [4.69, 9.17) is 0 Å². The zero-order valence-corrected chi connectivity index (χ0v) is 12.9. The molecule has 2 N–H and O–H groups in total. The Morgan fingerprint density at radius 1 is 1.39 bits per heavy atom. The van der Waals surface area contributed by atoms with E-state index in [1.807, 2.05) is 27.8 Å². The summed E-state index contributed by atoms with van der Waals surface area (Å²) in [5.41, 5.74) is -0.128. The second-order valence-corrected chi connectivity index (χ2v) is 6.10. The maximum Gasteiger partial charge on any atom is 0.234 e. The fourth-order valence-corrected chi connectivity index (χ4v) is 2.41. The van der Waals surface area contributed by atoms with Gasteiger partial charge in [0.2, 0.25) is 5.91 Å². The highest BCUT2D eigenvalue weighted by Gasteiger charge is 2.22. The molecule has 4 nitrogen and oxygen atoms in total. The lowest BCUT2D eigenvalue weighted by atomic mass is 9.98. The first-order valence-corrected chi connectivity index (χ1v) is 6.58. The highest BCUT2D eigenvalue weighted by atomic mass is 35.5. The first kappa shape index (κ1) is 17.7. The van der Waals surface area contributed by atoms with Crippen molar-refractivity contribution in [1.82, 2.24) is 15.5 Å². The summed E-state index contributed by atoms with van der Waals surface area (Å²) in [6, 6.07) is 0. The SMILES string of the molecule is CNCC1CCCN(CC(=O)NC(C)(C)C)C1.Cl. The van der Waals surface area contributed by atoms with Crippen LogP contribution in [0.5, 0.6) is 0 Å². The topological polar surface area (TPSA) is 44.4 Å². The van der Waals surface area contributed by atoms with Gasteiger partial charge in [-0.05, 0) is 59.7 Å². The van der Waals surface area contributed by atoms with E-state index < -0.39 is 0 Å². The Labute approximate surface area is 117 Å². The Hall–Kier alpha value is -0.320. The molecule has 1 heterocycles. The molecule has 1 atom stereocenters. The smallest absolute Gasteiger partial charge is 0.234 e. The molecule has 1 aliphatic heterocycles. The fraction of sp³-hybridized carbons (Fsp3) is 0.923. The summed E-state index contributed by atoms with van der Waals surface area (Å²) < 4.78 is 0. The lowest BCUT2D eigenvalue weighted by Gasteiger charge is -2.33. The zero-order chi connectivity index (χ0) is 12.9. The molecule has 0 bridgehead atoms. The normalized spacial score (nSPS) is 21.2. The van der Waals surface area contributed by atoms with Crippen LogP contribution in [0.25, 0.3) is 0 Å². The number of hydrogen-bond donors (Lipinski definition) is 2. The first-order valence-electron chi connectivity index (χ1n) is 6.58. The van der Waals surface area contributed by atoms with E-state index in [2.05, 4.69) is 15.5 Å². The van der Waals surface area contributed by atoms with Crippen LogP contribution in [0.2, 0.25) is 0 Å². The Bertz CT molecular complexity index is 251. The average molecular weight is 278 g/mol. The van der Waals surface area contributed by atoms with E-state index in [0.717, 1.165) is 19.6 Å². The van der Waals surface area contributed by atoms with Crippen LogP contribution < -0.4 is 10.6 Å². The molecule has 1 fully saturated rings. The van der Waals surface area contributed by atoms with Crippen LogP contribution in [0.15, 0.2) is 0 Å². The molecule has 0 aromatic rings. The standard InChI is InChI=1S/C13H27N3O.ClH/c1-13(2,3)15-12(17)10-16-7-5-6-11(9-16)8-14-4;/h11,14H,5-10H2,1-4H3,(H,15,17);1H. The van der Waals surface area contributed by atoms with Crippen LogP contribution in [-0.2, 0) is 4.79 Å². The molecule has 1 rings (SSSR count). The third-order valence-electron chi connectivity index (χ3n) is 2.98. The molecular formula is C13H28ClN3O. The molecule has 0 aliphatic carbocycles. The van der Waals surface area contributed by atoms with Crippen LogP contribution in [0.3, 0.4) is 0 Å². The summed E-state index contributed by atoms with van der Waals surface area (Å²) in [6.45, 7) is 9.74. The summed E-state index contributed by atoms with van der Waals surface area (Å²) in [4.78, 5) is 14.1. The van der Waals surface area contributed by atoms with Crippen LogP contribution in [0.1, 0.15) is 33.6 Å². The van der Waals surface area contributed by atoms with Crippen LogP contribution in [0.4, 0.5) is 0 Å². The molecule has 1 saturated heterocycles. The van der Waals surface area contributed by atoms with Crippen molar-refractivity contribution in [2.75, 3.05) is 33.2 Å². The predicted octanol–water partition coefficient (Wildman–Crippen LogP) is 1.25. The van der Waals surface area contributed by atoms with E-state index in [1.165, 1.54) is 12.8 Å². The van der Waals surface area contributed by atoms with E-state index in [9.17, 15) is 4.79 Å². The molecule has 1 amide bonds. The number of nitrogens with zero attached hydrogens (tertiary/aromatic N) is 1. The molecule has 0 aromatic carbocycles. The number of halogens is 1. The summed E-state index contributed by atoms with van der Waals surface area (Å²) in [7, 11) is 1.99. The van der Waals surface area contributed by atoms with Gasteiger partial charge in [0.05, 0.1) is 6.54 Å². The van der Waals surface area contributed by atoms with E-state index in [1.54, 1.807) is 0 Å². The molecule has 0 aromatic heterocycles. The number of carbonyl (C=O) groups is 1. The van der Waals surface area contributed by atoms with Gasteiger partial charge in [0, 0.05) is 12.1 Å². The third kappa shape index (κ3) is 7.19. The van der Waals surface area contributed by atoms with Crippen molar-refractivity contribution in [3.8, 4) is 0 Å². The molecule has 0 saturated carbocycles. The van der Waals surface area contributed by atoms with Crippen molar-refractivity contribution in [2.24, 2.45) is 5.92 Å². The molecule has 0 radical (unpaired) electrons. The second-order valence-electron chi connectivity index (χ2n) is 6.10. The minimum Gasteiger partial charge on any atom is -0.350 e. The maximum atomic E-state index is 11.8. The molecule has 1 aliphatic rings. The quantitative estimate of drug-likeness (QED) is 0.813. The zero-order valence-electron chi connectivity index (χ0n) is 12.1. The summed E-state index contributed by atoms with van der Waals surface area (Å²) in [5, 5.41) is 6.24. The molecule has 1 unspecified atom stereocenters. The third-order valence-corrected chi connectivity index (χ3v) is 2.98. The summed E-state index contributed by atoms with van der Waals surface area (Å²) in [6.07, 6.45) is 2.48. The van der Waals surface area contributed by atoms with E-state index in [-0.39, 0.29) is 23.9 Å². The lowest BCUT2D eigenvalue weighted by Crippen LogP contribution is -2.48. The van der Waals surface area contributed by atoms with Gasteiger partial charge in [0.15, 0.2) is 0 Å². The van der Waals surface area contributed by atoms with Crippen molar-refractivity contribution < 1.29 is 4.79 Å².